The van der Waals surface area contributed by atoms with Gasteiger partial charge in [0.15, 0.2) is 0 Å². The molecule has 3 nitrogen and oxygen atoms in total. The van der Waals surface area contributed by atoms with Gasteiger partial charge in [0.1, 0.15) is 6.61 Å². The Morgan fingerprint density at radius 3 is 2.84 bits per heavy atom. The van der Waals surface area contributed by atoms with Crippen molar-refractivity contribution in [1.82, 2.24) is 5.32 Å². The number of carbonyl (C=O) groups excluding carboxylic acids is 1. The Kier molecular flexibility index (Phi) is 6.11. The Morgan fingerprint density at radius 1 is 1.47 bits per heavy atom. The highest BCUT2D eigenvalue weighted by Crippen LogP contribution is 2.11. The lowest BCUT2D eigenvalue weighted by atomic mass is 10.0. The first-order valence-corrected chi connectivity index (χ1v) is 6.57. The maximum Gasteiger partial charge on any atom is 0.251 e. The number of carbonyl (C=O) groups is 1. The average molecular weight is 259 g/mol. The van der Waals surface area contributed by atoms with E-state index in [1.54, 1.807) is 6.07 Å². The van der Waals surface area contributed by atoms with Crippen LogP contribution in [0.15, 0.2) is 18.2 Å². The Balaban J connectivity index is 2.83. The summed E-state index contributed by atoms with van der Waals surface area (Å²) in [6, 6.07) is 5.49. The predicted molar refractivity (Wildman–Crippen MR) is 76.9 cm³/mol. The summed E-state index contributed by atoms with van der Waals surface area (Å²) in [6.45, 7) is 6.62. The molecule has 0 saturated carbocycles. The molecular formula is C16H21NO2. The smallest absolute Gasteiger partial charge is 0.251 e. The molecule has 0 aliphatic rings. The summed E-state index contributed by atoms with van der Waals surface area (Å²) in [5.41, 5.74) is 2.32. The molecule has 0 aliphatic heterocycles. The predicted octanol–water partition coefficient (Wildman–Crippen LogP) is 2.11. The van der Waals surface area contributed by atoms with Crippen molar-refractivity contribution in [1.29, 1.82) is 0 Å². The molecule has 2 N–H and O–H groups in total. The van der Waals surface area contributed by atoms with E-state index in [4.69, 9.17) is 5.11 Å². The molecule has 1 rings (SSSR count). The fourth-order valence-corrected chi connectivity index (χ4v) is 1.59. The fourth-order valence-electron chi connectivity index (χ4n) is 1.59. The van der Waals surface area contributed by atoms with Gasteiger partial charge in [-0.2, -0.15) is 0 Å². The van der Waals surface area contributed by atoms with Gasteiger partial charge in [-0.15, -0.1) is 0 Å². The van der Waals surface area contributed by atoms with Gasteiger partial charge >= 0.3 is 0 Å². The molecular weight excluding hydrogens is 238 g/mol. The van der Waals surface area contributed by atoms with E-state index in [1.165, 1.54) is 0 Å². The number of hydrogen-bond donors (Lipinski definition) is 2. The van der Waals surface area contributed by atoms with E-state index in [9.17, 15) is 4.79 Å². The molecule has 0 spiro atoms. The van der Waals surface area contributed by atoms with Crippen molar-refractivity contribution in [3.8, 4) is 11.8 Å². The number of aryl methyl sites for hydroxylation is 1. The summed E-state index contributed by atoms with van der Waals surface area (Å²) in [5, 5.41) is 11.6. The minimum Gasteiger partial charge on any atom is -0.384 e. The number of aliphatic hydroxyl groups is 1. The highest BCUT2D eigenvalue weighted by atomic mass is 16.2. The number of benzene rings is 1. The van der Waals surface area contributed by atoms with Crippen LogP contribution in [0.3, 0.4) is 0 Å². The third kappa shape index (κ3) is 4.76. The van der Waals surface area contributed by atoms with Crippen molar-refractivity contribution >= 4 is 5.91 Å². The van der Waals surface area contributed by atoms with Gasteiger partial charge in [-0.25, -0.2) is 0 Å². The van der Waals surface area contributed by atoms with E-state index in [2.05, 4.69) is 31.0 Å². The van der Waals surface area contributed by atoms with Crippen LogP contribution in [0.5, 0.6) is 0 Å². The van der Waals surface area contributed by atoms with Gasteiger partial charge in [0.05, 0.1) is 0 Å². The highest BCUT2D eigenvalue weighted by Gasteiger charge is 2.10. The van der Waals surface area contributed by atoms with Gasteiger partial charge in [0.25, 0.3) is 5.91 Å². The maximum atomic E-state index is 12.1. The van der Waals surface area contributed by atoms with E-state index >= 15 is 0 Å². The van der Waals surface area contributed by atoms with Gasteiger partial charge in [0, 0.05) is 17.7 Å². The van der Waals surface area contributed by atoms with E-state index in [0.29, 0.717) is 18.0 Å². The maximum absolute atomic E-state index is 12.1. The van der Waals surface area contributed by atoms with Gasteiger partial charge in [-0.1, -0.05) is 38.2 Å². The van der Waals surface area contributed by atoms with Crippen molar-refractivity contribution < 1.29 is 9.90 Å². The third-order valence-corrected chi connectivity index (χ3v) is 3.10. The third-order valence-electron chi connectivity index (χ3n) is 3.10. The van der Waals surface area contributed by atoms with Crippen LogP contribution < -0.4 is 5.32 Å². The first-order chi connectivity index (χ1) is 9.08. The van der Waals surface area contributed by atoms with E-state index in [-0.39, 0.29) is 12.5 Å². The lowest BCUT2D eigenvalue weighted by molar-refractivity contribution is 0.0947. The SMILES string of the molecule is CCC(C)CNC(=O)c1cc(C#CCO)ccc1C. The van der Waals surface area contributed by atoms with Crippen LogP contribution in [0.4, 0.5) is 0 Å². The van der Waals surface area contributed by atoms with Crippen LogP contribution in [0, 0.1) is 24.7 Å². The van der Waals surface area contributed by atoms with Crippen LogP contribution in [0.2, 0.25) is 0 Å². The molecule has 0 saturated heterocycles. The molecule has 1 unspecified atom stereocenters. The molecule has 1 atom stereocenters. The zero-order valence-electron chi connectivity index (χ0n) is 11.8. The van der Waals surface area contributed by atoms with Crippen molar-refractivity contribution in [2.24, 2.45) is 5.92 Å². The Morgan fingerprint density at radius 2 is 2.21 bits per heavy atom. The largest absolute Gasteiger partial charge is 0.384 e. The molecule has 1 aromatic rings. The lowest BCUT2D eigenvalue weighted by Crippen LogP contribution is -2.28. The van der Waals surface area contributed by atoms with E-state index < -0.39 is 0 Å². The van der Waals surface area contributed by atoms with E-state index in [0.717, 1.165) is 17.5 Å². The van der Waals surface area contributed by atoms with Gasteiger partial charge in [-0.3, -0.25) is 4.79 Å². The van der Waals surface area contributed by atoms with Gasteiger partial charge in [-0.05, 0) is 30.5 Å². The standard InChI is InChI=1S/C16H21NO2/c1-4-12(2)11-17-16(19)15-10-14(6-5-9-18)8-7-13(15)3/h7-8,10,12,18H,4,9,11H2,1-3H3,(H,17,19). The summed E-state index contributed by atoms with van der Waals surface area (Å²) in [7, 11) is 0. The van der Waals surface area contributed by atoms with Crippen LogP contribution >= 0.6 is 0 Å². The molecule has 19 heavy (non-hydrogen) atoms. The van der Waals surface area contributed by atoms with Crippen LogP contribution in [-0.4, -0.2) is 24.2 Å². The number of rotatable bonds is 4. The van der Waals surface area contributed by atoms with Crippen molar-refractivity contribution in [2.75, 3.05) is 13.2 Å². The van der Waals surface area contributed by atoms with Gasteiger partial charge < -0.3 is 10.4 Å². The second-order valence-electron chi connectivity index (χ2n) is 4.71. The van der Waals surface area contributed by atoms with Crippen LogP contribution in [0.1, 0.15) is 41.8 Å². The molecule has 0 aliphatic carbocycles. The normalized spacial score (nSPS) is 11.4. The summed E-state index contributed by atoms with van der Waals surface area (Å²) >= 11 is 0. The molecule has 0 aromatic heterocycles. The van der Waals surface area contributed by atoms with Gasteiger partial charge in [0.2, 0.25) is 0 Å². The highest BCUT2D eigenvalue weighted by molar-refractivity contribution is 5.96. The topological polar surface area (TPSA) is 49.3 Å². The van der Waals surface area contributed by atoms with Crippen LogP contribution in [0.25, 0.3) is 0 Å². The molecule has 0 heterocycles. The monoisotopic (exact) mass is 259 g/mol. The first-order valence-electron chi connectivity index (χ1n) is 6.57. The molecule has 0 fully saturated rings. The molecule has 3 heteroatoms. The van der Waals surface area contributed by atoms with Crippen molar-refractivity contribution in [3.63, 3.8) is 0 Å². The molecule has 0 bridgehead atoms. The second-order valence-corrected chi connectivity index (χ2v) is 4.71. The molecule has 1 amide bonds. The number of aliphatic hydroxyl groups excluding tert-OH is 1. The summed E-state index contributed by atoms with van der Waals surface area (Å²) in [4.78, 5) is 12.1. The number of hydrogen-bond acceptors (Lipinski definition) is 2. The summed E-state index contributed by atoms with van der Waals surface area (Å²) in [6.07, 6.45) is 1.04. The van der Waals surface area contributed by atoms with E-state index in [1.807, 2.05) is 19.1 Å². The fraction of sp³-hybridized carbons (Fsp3) is 0.438. The Hall–Kier alpha value is -1.79. The molecule has 0 radical (unpaired) electrons. The number of nitrogens with one attached hydrogen (secondary N) is 1. The summed E-state index contributed by atoms with van der Waals surface area (Å²) in [5.74, 6) is 5.81. The first kappa shape index (κ1) is 15.3. The van der Waals surface area contributed by atoms with Crippen molar-refractivity contribution in [3.05, 3.63) is 34.9 Å². The molecule has 1 aromatic carbocycles. The quantitative estimate of drug-likeness (QED) is 0.814. The summed E-state index contributed by atoms with van der Waals surface area (Å²) < 4.78 is 0. The Labute approximate surface area is 115 Å². The zero-order chi connectivity index (χ0) is 14.3. The zero-order valence-corrected chi connectivity index (χ0v) is 11.8. The minimum atomic E-state index is -0.177. The second kappa shape index (κ2) is 7.60. The molecule has 102 valence electrons. The van der Waals surface area contributed by atoms with Crippen LogP contribution in [-0.2, 0) is 0 Å². The lowest BCUT2D eigenvalue weighted by Gasteiger charge is -2.11. The number of amides is 1. The minimum absolute atomic E-state index is 0.0644. The van der Waals surface area contributed by atoms with Crippen molar-refractivity contribution in [2.45, 2.75) is 27.2 Å². The average Bonchev–Trinajstić information content (AvgIpc) is 2.43. The Bertz CT molecular complexity index is 497.